The molecule has 2 rings (SSSR count). The van der Waals surface area contributed by atoms with Crippen LogP contribution in [-0.4, -0.2) is 40.1 Å². The maximum atomic E-state index is 13.2. The highest BCUT2D eigenvalue weighted by Gasteiger charge is 2.45. The first-order chi connectivity index (χ1) is 14.1. The van der Waals surface area contributed by atoms with Gasteiger partial charge in [-0.05, 0) is 43.0 Å². The topological polar surface area (TPSA) is 47.6 Å². The van der Waals surface area contributed by atoms with Crippen LogP contribution in [0.15, 0.2) is 42.5 Å². The van der Waals surface area contributed by atoms with Crippen molar-refractivity contribution in [1.82, 2.24) is 5.32 Å². The van der Waals surface area contributed by atoms with E-state index in [1.165, 1.54) is 0 Å². The van der Waals surface area contributed by atoms with E-state index < -0.39 is 8.32 Å². The summed E-state index contributed by atoms with van der Waals surface area (Å²) in [6.07, 6.45) is 5.11. The molecule has 5 heteroatoms. The average Bonchev–Trinajstić information content (AvgIpc) is 2.72. The molecule has 1 heterocycles. The zero-order chi connectivity index (χ0) is 22.4. The van der Waals surface area contributed by atoms with E-state index in [2.05, 4.69) is 70.4 Å². The van der Waals surface area contributed by atoms with Gasteiger partial charge in [-0.2, -0.15) is 0 Å². The number of ether oxygens (including phenoxy) is 1. The standard InChI is InChI=1S/C25H41NO3Si/c1-8-28-24(27)23(22-16-12-13-17-26-22)21(20-14-10-9-11-15-20)18-29-30(6,7)25(4,5)19(2)3/h9-15,19,21-23,26H,8,16-18H2,1-7H3/t21?,22?,23-/m0/s1. The van der Waals surface area contributed by atoms with Crippen molar-refractivity contribution in [3.8, 4) is 0 Å². The molecular weight excluding hydrogens is 390 g/mol. The number of hydrogen-bond donors (Lipinski definition) is 1. The lowest BCUT2D eigenvalue weighted by Gasteiger charge is -2.44. The van der Waals surface area contributed by atoms with Gasteiger partial charge in [0.1, 0.15) is 0 Å². The van der Waals surface area contributed by atoms with E-state index in [1.807, 2.05) is 25.1 Å². The van der Waals surface area contributed by atoms with Gasteiger partial charge in [0.25, 0.3) is 0 Å². The molecule has 0 saturated carbocycles. The molecule has 0 aliphatic carbocycles. The third-order valence-electron chi connectivity index (χ3n) is 7.33. The molecule has 168 valence electrons. The van der Waals surface area contributed by atoms with Crippen molar-refractivity contribution in [3.63, 3.8) is 0 Å². The second kappa shape index (κ2) is 10.7. The van der Waals surface area contributed by atoms with E-state index in [0.29, 0.717) is 19.1 Å². The first-order valence-corrected chi connectivity index (χ1v) is 14.3. The Kier molecular flexibility index (Phi) is 8.89. The quantitative estimate of drug-likeness (QED) is 0.301. The van der Waals surface area contributed by atoms with E-state index in [0.717, 1.165) is 18.5 Å². The van der Waals surface area contributed by atoms with Crippen LogP contribution in [0, 0.1) is 11.8 Å². The number of rotatable bonds is 10. The van der Waals surface area contributed by atoms with Crippen LogP contribution in [0.2, 0.25) is 18.1 Å². The maximum Gasteiger partial charge on any atom is 0.311 e. The number of benzene rings is 1. The zero-order valence-corrected chi connectivity index (χ0v) is 20.9. The molecule has 3 atom stereocenters. The molecule has 2 unspecified atom stereocenters. The van der Waals surface area contributed by atoms with Gasteiger partial charge in [0.2, 0.25) is 0 Å². The first-order valence-electron chi connectivity index (χ1n) is 11.4. The van der Waals surface area contributed by atoms with Gasteiger partial charge in [-0.1, -0.05) is 70.2 Å². The molecule has 0 radical (unpaired) electrons. The summed E-state index contributed by atoms with van der Waals surface area (Å²) < 4.78 is 12.3. The second-order valence-corrected chi connectivity index (χ2v) is 14.3. The van der Waals surface area contributed by atoms with Crippen LogP contribution in [0.1, 0.15) is 52.5 Å². The average molecular weight is 432 g/mol. The van der Waals surface area contributed by atoms with E-state index in [4.69, 9.17) is 9.16 Å². The van der Waals surface area contributed by atoms with Crippen LogP contribution < -0.4 is 5.32 Å². The molecule has 0 saturated heterocycles. The van der Waals surface area contributed by atoms with Crippen molar-refractivity contribution >= 4 is 14.3 Å². The van der Waals surface area contributed by atoms with Crippen molar-refractivity contribution in [2.24, 2.45) is 11.8 Å². The van der Waals surface area contributed by atoms with E-state index in [9.17, 15) is 4.79 Å². The summed E-state index contributed by atoms with van der Waals surface area (Å²) in [5.74, 6) is 0.0546. The van der Waals surface area contributed by atoms with Crippen LogP contribution in [0.25, 0.3) is 0 Å². The highest BCUT2D eigenvalue weighted by Crippen LogP contribution is 2.45. The summed E-state index contributed by atoms with van der Waals surface area (Å²) >= 11 is 0. The third-order valence-corrected chi connectivity index (χ3v) is 11.9. The molecule has 30 heavy (non-hydrogen) atoms. The van der Waals surface area contributed by atoms with Crippen LogP contribution in [0.3, 0.4) is 0 Å². The molecule has 0 spiro atoms. The number of esters is 1. The molecule has 1 aromatic rings. The molecule has 4 nitrogen and oxygen atoms in total. The summed E-state index contributed by atoms with van der Waals surface area (Å²) in [7, 11) is -2.02. The smallest absolute Gasteiger partial charge is 0.311 e. The van der Waals surface area contributed by atoms with Crippen molar-refractivity contribution < 1.29 is 14.0 Å². The Morgan fingerprint density at radius 2 is 1.87 bits per heavy atom. The highest BCUT2D eigenvalue weighted by molar-refractivity contribution is 6.74. The zero-order valence-electron chi connectivity index (χ0n) is 19.9. The predicted octanol–water partition coefficient (Wildman–Crippen LogP) is 5.53. The van der Waals surface area contributed by atoms with Crippen molar-refractivity contribution in [3.05, 3.63) is 48.0 Å². The Morgan fingerprint density at radius 1 is 1.20 bits per heavy atom. The molecule has 0 bridgehead atoms. The number of nitrogens with one attached hydrogen (secondary N) is 1. The molecule has 0 fully saturated rings. The summed E-state index contributed by atoms with van der Waals surface area (Å²) in [6.45, 7) is 17.4. The van der Waals surface area contributed by atoms with Gasteiger partial charge in [-0.3, -0.25) is 4.79 Å². The normalized spacial score (nSPS) is 19.5. The van der Waals surface area contributed by atoms with Crippen LogP contribution in [0.4, 0.5) is 0 Å². The van der Waals surface area contributed by atoms with E-state index >= 15 is 0 Å². The lowest BCUT2D eigenvalue weighted by atomic mass is 9.80. The van der Waals surface area contributed by atoms with Gasteiger partial charge < -0.3 is 14.5 Å². The molecule has 1 N–H and O–H groups in total. The Morgan fingerprint density at radius 3 is 2.40 bits per heavy atom. The monoisotopic (exact) mass is 431 g/mol. The van der Waals surface area contributed by atoms with Gasteiger partial charge >= 0.3 is 5.97 Å². The fraction of sp³-hybridized carbons (Fsp3) is 0.640. The number of carbonyl (C=O) groups is 1. The molecular formula is C25H41NO3Si. The summed E-state index contributed by atoms with van der Waals surface area (Å²) in [4.78, 5) is 13.2. The molecule has 0 aromatic heterocycles. The number of carbonyl (C=O) groups excluding carboxylic acids is 1. The minimum atomic E-state index is -2.02. The Labute approximate surface area is 184 Å². The molecule has 1 aromatic carbocycles. The Balaban J connectivity index is 2.37. The van der Waals surface area contributed by atoms with Crippen molar-refractivity contribution in [1.29, 1.82) is 0 Å². The van der Waals surface area contributed by atoms with Gasteiger partial charge in [-0.25, -0.2) is 0 Å². The van der Waals surface area contributed by atoms with E-state index in [1.54, 1.807) is 0 Å². The maximum absolute atomic E-state index is 13.2. The fourth-order valence-electron chi connectivity index (χ4n) is 4.04. The predicted molar refractivity (Wildman–Crippen MR) is 127 cm³/mol. The SMILES string of the molecule is CCOC(=O)[C@H](C1CC=CCN1)C(CO[Si](C)(C)C(C)(C)C(C)C)c1ccccc1. The lowest BCUT2D eigenvalue weighted by Crippen LogP contribution is -2.49. The summed E-state index contributed by atoms with van der Waals surface area (Å²) in [6, 6.07) is 10.4. The van der Waals surface area contributed by atoms with Crippen molar-refractivity contribution in [2.75, 3.05) is 19.8 Å². The van der Waals surface area contributed by atoms with Crippen LogP contribution >= 0.6 is 0 Å². The number of hydrogen-bond acceptors (Lipinski definition) is 4. The second-order valence-electron chi connectivity index (χ2n) is 9.71. The first kappa shape index (κ1) is 24.8. The fourth-order valence-corrected chi connectivity index (χ4v) is 6.40. The van der Waals surface area contributed by atoms with Crippen LogP contribution in [-0.2, 0) is 14.0 Å². The molecule has 0 amide bonds. The van der Waals surface area contributed by atoms with Gasteiger partial charge in [0.15, 0.2) is 8.32 Å². The lowest BCUT2D eigenvalue weighted by molar-refractivity contribution is -0.150. The van der Waals surface area contributed by atoms with Gasteiger partial charge in [-0.15, -0.1) is 0 Å². The van der Waals surface area contributed by atoms with Crippen LogP contribution in [0.5, 0.6) is 0 Å². The third kappa shape index (κ3) is 5.83. The largest absolute Gasteiger partial charge is 0.466 e. The van der Waals surface area contributed by atoms with Crippen molar-refractivity contribution in [2.45, 2.75) is 71.1 Å². The molecule has 1 aliphatic heterocycles. The molecule has 1 aliphatic rings. The van der Waals surface area contributed by atoms with E-state index in [-0.39, 0.29) is 28.9 Å². The highest BCUT2D eigenvalue weighted by atomic mass is 28.4. The Bertz CT molecular complexity index is 700. The van der Waals surface area contributed by atoms with Gasteiger partial charge in [0, 0.05) is 25.1 Å². The minimum absolute atomic E-state index is 0.0470. The minimum Gasteiger partial charge on any atom is -0.466 e. The van der Waals surface area contributed by atoms with Gasteiger partial charge in [0.05, 0.1) is 12.5 Å². The Hall–Kier alpha value is -1.43. The summed E-state index contributed by atoms with van der Waals surface area (Å²) in [5, 5.41) is 3.65. The summed E-state index contributed by atoms with van der Waals surface area (Å²) in [5.41, 5.74) is 1.14.